The Balaban J connectivity index is 1.83. The fourth-order valence-corrected chi connectivity index (χ4v) is 4.36. The largest absolute Gasteiger partial charge is 0.347 e. The first-order valence-electron chi connectivity index (χ1n) is 8.61. The Bertz CT molecular complexity index is 962. The Labute approximate surface area is 158 Å². The maximum atomic E-state index is 12.8. The average molecular weight is 369 g/mol. The lowest BCUT2D eigenvalue weighted by molar-refractivity contribution is 0.0954. The third-order valence-corrected chi connectivity index (χ3v) is 5.52. The van der Waals surface area contributed by atoms with Crippen molar-refractivity contribution in [2.24, 2.45) is 0 Å². The Kier molecular flexibility index (Phi) is 5.34. The van der Waals surface area contributed by atoms with Crippen molar-refractivity contribution < 1.29 is 4.79 Å². The minimum atomic E-state index is -0.0535. The minimum absolute atomic E-state index is 0.0535. The minimum Gasteiger partial charge on any atom is -0.347 e. The van der Waals surface area contributed by atoms with E-state index < -0.39 is 0 Å². The fraction of sp³-hybridized carbons (Fsp3) is 0.350. The summed E-state index contributed by atoms with van der Waals surface area (Å²) in [6.07, 6.45) is 0. The molecule has 136 valence electrons. The smallest absolute Gasteiger partial charge is 0.261 e. The van der Waals surface area contributed by atoms with Crippen LogP contribution in [0.15, 0.2) is 24.3 Å². The summed E-state index contributed by atoms with van der Waals surface area (Å²) in [7, 11) is 4.09. The molecular formula is C20H24N4OS. The lowest BCUT2D eigenvalue weighted by atomic mass is 10.1. The molecule has 0 bridgehead atoms. The second kappa shape index (κ2) is 7.51. The van der Waals surface area contributed by atoms with Gasteiger partial charge in [0.25, 0.3) is 5.91 Å². The summed E-state index contributed by atoms with van der Waals surface area (Å²) in [6, 6.07) is 8.21. The second-order valence-electron chi connectivity index (χ2n) is 6.78. The number of nitrogens with one attached hydrogen (secondary N) is 1. The molecule has 0 saturated heterocycles. The Morgan fingerprint density at radius 1 is 1.12 bits per heavy atom. The molecule has 0 atom stereocenters. The van der Waals surface area contributed by atoms with Crippen LogP contribution in [0.5, 0.6) is 0 Å². The molecule has 2 aromatic heterocycles. The highest BCUT2D eigenvalue weighted by atomic mass is 32.1. The van der Waals surface area contributed by atoms with Crippen LogP contribution in [-0.2, 0) is 13.1 Å². The maximum absolute atomic E-state index is 12.8. The predicted octanol–water partition coefficient (Wildman–Crippen LogP) is 3.61. The van der Waals surface area contributed by atoms with Crippen molar-refractivity contribution in [2.45, 2.75) is 33.9 Å². The van der Waals surface area contributed by atoms with Gasteiger partial charge in [-0.1, -0.05) is 24.3 Å². The van der Waals surface area contributed by atoms with E-state index in [0.29, 0.717) is 11.4 Å². The molecular weight excluding hydrogens is 344 g/mol. The molecule has 0 radical (unpaired) electrons. The van der Waals surface area contributed by atoms with Crippen LogP contribution in [-0.4, -0.2) is 34.9 Å². The number of rotatable bonds is 5. The number of amides is 1. The lowest BCUT2D eigenvalue weighted by Gasteiger charge is -2.14. The average Bonchev–Trinajstić information content (AvgIpc) is 2.90. The molecule has 0 aliphatic carbocycles. The van der Waals surface area contributed by atoms with Gasteiger partial charge in [-0.2, -0.15) is 0 Å². The number of carbonyl (C=O) groups is 1. The summed E-state index contributed by atoms with van der Waals surface area (Å²) < 4.78 is 0. The van der Waals surface area contributed by atoms with E-state index in [2.05, 4.69) is 32.3 Å². The summed E-state index contributed by atoms with van der Waals surface area (Å²) in [5.74, 6) is 0.683. The van der Waals surface area contributed by atoms with Crippen molar-refractivity contribution >= 4 is 27.5 Å². The van der Waals surface area contributed by atoms with Gasteiger partial charge in [0.05, 0.1) is 4.88 Å². The molecule has 0 saturated carbocycles. The highest BCUT2D eigenvalue weighted by Crippen LogP contribution is 2.31. The van der Waals surface area contributed by atoms with Crippen molar-refractivity contribution in [3.05, 3.63) is 57.4 Å². The highest BCUT2D eigenvalue weighted by Gasteiger charge is 2.18. The van der Waals surface area contributed by atoms with Gasteiger partial charge >= 0.3 is 0 Å². The van der Waals surface area contributed by atoms with Gasteiger partial charge in [0.15, 0.2) is 0 Å². The van der Waals surface area contributed by atoms with Gasteiger partial charge in [-0.15, -0.1) is 11.3 Å². The first-order valence-corrected chi connectivity index (χ1v) is 9.42. The molecule has 0 aliphatic rings. The first kappa shape index (κ1) is 18.5. The lowest BCUT2D eigenvalue weighted by Crippen LogP contribution is -2.24. The fourth-order valence-electron chi connectivity index (χ4n) is 3.17. The molecule has 5 nitrogen and oxygen atoms in total. The Morgan fingerprint density at radius 2 is 1.81 bits per heavy atom. The summed E-state index contributed by atoms with van der Waals surface area (Å²) in [6.45, 7) is 7.18. The van der Waals surface area contributed by atoms with Gasteiger partial charge in [-0.3, -0.25) is 4.79 Å². The standard InChI is InChI=1S/C20H24N4OS/c1-12-17-13(2)22-14(3)23-20(17)26-18(12)19(25)21-10-15-8-6-7-9-16(15)11-24(4)5/h6-9H,10-11H2,1-5H3,(H,21,25). The molecule has 6 heteroatoms. The molecule has 3 rings (SSSR count). The number of aromatic nitrogens is 2. The topological polar surface area (TPSA) is 58.1 Å². The van der Waals surface area contributed by atoms with Crippen LogP contribution in [0.3, 0.4) is 0 Å². The van der Waals surface area contributed by atoms with Crippen LogP contribution >= 0.6 is 11.3 Å². The summed E-state index contributed by atoms with van der Waals surface area (Å²) in [5, 5.41) is 4.07. The molecule has 0 aliphatic heterocycles. The van der Waals surface area contributed by atoms with Crippen molar-refractivity contribution in [1.29, 1.82) is 0 Å². The van der Waals surface area contributed by atoms with E-state index in [1.54, 1.807) is 0 Å². The molecule has 0 spiro atoms. The van der Waals surface area contributed by atoms with Crippen molar-refractivity contribution in [2.75, 3.05) is 14.1 Å². The number of benzene rings is 1. The SMILES string of the molecule is Cc1nc(C)c2c(C)c(C(=O)NCc3ccccc3CN(C)C)sc2n1. The van der Waals surface area contributed by atoms with Crippen molar-refractivity contribution in [3.63, 3.8) is 0 Å². The van der Waals surface area contributed by atoms with Crippen molar-refractivity contribution in [1.82, 2.24) is 20.2 Å². The monoisotopic (exact) mass is 368 g/mol. The number of carbonyl (C=O) groups excluding carboxylic acids is 1. The normalized spacial score (nSPS) is 11.3. The van der Waals surface area contributed by atoms with E-state index in [4.69, 9.17) is 0 Å². The quantitative estimate of drug-likeness (QED) is 0.747. The summed E-state index contributed by atoms with van der Waals surface area (Å²) in [4.78, 5) is 25.4. The first-order chi connectivity index (χ1) is 12.4. The molecule has 26 heavy (non-hydrogen) atoms. The van der Waals surface area contributed by atoms with E-state index in [-0.39, 0.29) is 5.91 Å². The molecule has 1 amide bonds. The van der Waals surface area contributed by atoms with Crippen LogP contribution in [0.2, 0.25) is 0 Å². The van der Waals surface area contributed by atoms with E-state index in [0.717, 1.165) is 39.4 Å². The van der Waals surface area contributed by atoms with Gasteiger partial charge in [0, 0.05) is 24.2 Å². The van der Waals surface area contributed by atoms with E-state index in [1.807, 2.05) is 47.0 Å². The van der Waals surface area contributed by atoms with Crippen LogP contribution in [0.4, 0.5) is 0 Å². The van der Waals surface area contributed by atoms with Gasteiger partial charge < -0.3 is 10.2 Å². The van der Waals surface area contributed by atoms with Crippen LogP contribution in [0, 0.1) is 20.8 Å². The number of aryl methyl sites for hydroxylation is 3. The zero-order valence-corrected chi connectivity index (χ0v) is 16.7. The van der Waals surface area contributed by atoms with E-state index >= 15 is 0 Å². The zero-order valence-electron chi connectivity index (χ0n) is 15.9. The van der Waals surface area contributed by atoms with Crippen LogP contribution in [0.25, 0.3) is 10.2 Å². The third-order valence-electron chi connectivity index (χ3n) is 4.33. The zero-order chi connectivity index (χ0) is 18.8. The number of thiophene rings is 1. The van der Waals surface area contributed by atoms with Gasteiger partial charge in [0.2, 0.25) is 0 Å². The number of nitrogens with zero attached hydrogens (tertiary/aromatic N) is 3. The third kappa shape index (κ3) is 3.76. The molecule has 3 aromatic rings. The maximum Gasteiger partial charge on any atom is 0.261 e. The Hall–Kier alpha value is -2.31. The van der Waals surface area contributed by atoms with E-state index in [1.165, 1.54) is 16.9 Å². The molecule has 0 unspecified atom stereocenters. The molecule has 2 heterocycles. The van der Waals surface area contributed by atoms with Crippen LogP contribution < -0.4 is 5.32 Å². The summed E-state index contributed by atoms with van der Waals surface area (Å²) in [5.41, 5.74) is 4.25. The Morgan fingerprint density at radius 3 is 2.50 bits per heavy atom. The number of hydrogen-bond acceptors (Lipinski definition) is 5. The number of hydrogen-bond donors (Lipinski definition) is 1. The van der Waals surface area contributed by atoms with Crippen LogP contribution in [0.1, 0.15) is 37.9 Å². The van der Waals surface area contributed by atoms with Gasteiger partial charge in [-0.05, 0) is 51.6 Å². The summed E-state index contributed by atoms with van der Waals surface area (Å²) >= 11 is 1.44. The molecule has 0 fully saturated rings. The number of fused-ring (bicyclic) bond motifs is 1. The second-order valence-corrected chi connectivity index (χ2v) is 7.78. The molecule has 1 aromatic carbocycles. The van der Waals surface area contributed by atoms with Gasteiger partial charge in [-0.25, -0.2) is 9.97 Å². The van der Waals surface area contributed by atoms with Crippen molar-refractivity contribution in [3.8, 4) is 0 Å². The van der Waals surface area contributed by atoms with E-state index in [9.17, 15) is 4.79 Å². The molecule has 1 N–H and O–H groups in total. The highest BCUT2D eigenvalue weighted by molar-refractivity contribution is 7.20. The predicted molar refractivity (Wildman–Crippen MR) is 107 cm³/mol. The van der Waals surface area contributed by atoms with Gasteiger partial charge in [0.1, 0.15) is 10.7 Å².